The first-order valence-corrected chi connectivity index (χ1v) is 10.7. The molecule has 1 aromatic carbocycles. The normalized spacial score (nSPS) is 17.9. The van der Waals surface area contributed by atoms with Crippen molar-refractivity contribution >= 4 is 17.7 Å². The summed E-state index contributed by atoms with van der Waals surface area (Å²) in [5.74, 6) is -0.00104. The Labute approximate surface area is 180 Å². The van der Waals surface area contributed by atoms with E-state index in [9.17, 15) is 18.4 Å². The number of anilines is 1. The number of likely N-dealkylation sites (tertiary alicyclic amines) is 1. The fraction of sp³-hybridized carbons (Fsp3) is 0.619. The van der Waals surface area contributed by atoms with Gasteiger partial charge in [-0.25, -0.2) is 9.59 Å². The van der Waals surface area contributed by atoms with Gasteiger partial charge in [-0.1, -0.05) is 19.3 Å². The van der Waals surface area contributed by atoms with Crippen LogP contribution in [0, 0.1) is 0 Å². The van der Waals surface area contributed by atoms with Crippen molar-refractivity contribution in [1.82, 2.24) is 15.5 Å². The molecule has 0 bridgehead atoms. The second kappa shape index (κ2) is 11.0. The number of carbonyl (C=O) groups excluding carboxylic acids is 2. The van der Waals surface area contributed by atoms with Crippen LogP contribution in [0.4, 0.5) is 24.1 Å². The number of alkyl halides is 2. The number of carbonyl (C=O) groups is 2. The summed E-state index contributed by atoms with van der Waals surface area (Å²) in [6, 6.07) is 4.10. The SMILES string of the molecule is COc1ccc(NC(=O)N2CCC(NC(=O)NC3CCCCC3)CC2)cc1OC(F)F. The summed E-state index contributed by atoms with van der Waals surface area (Å²) in [5, 5.41) is 8.74. The van der Waals surface area contributed by atoms with E-state index in [0.29, 0.717) is 31.6 Å². The van der Waals surface area contributed by atoms with E-state index in [4.69, 9.17) is 4.74 Å². The third kappa shape index (κ3) is 6.86. The fourth-order valence-electron chi connectivity index (χ4n) is 4.03. The molecule has 1 aliphatic heterocycles. The number of nitrogens with one attached hydrogen (secondary N) is 3. The average Bonchev–Trinajstić information content (AvgIpc) is 2.74. The van der Waals surface area contributed by atoms with Gasteiger partial charge in [0.25, 0.3) is 0 Å². The molecule has 1 aromatic rings. The highest BCUT2D eigenvalue weighted by molar-refractivity contribution is 5.89. The Morgan fingerprint density at radius 1 is 1.00 bits per heavy atom. The zero-order valence-electron chi connectivity index (χ0n) is 17.7. The summed E-state index contributed by atoms with van der Waals surface area (Å²) in [6.07, 6.45) is 6.90. The molecule has 1 saturated carbocycles. The topological polar surface area (TPSA) is 91.9 Å². The predicted octanol–water partition coefficient (Wildman–Crippen LogP) is 3.92. The number of benzene rings is 1. The van der Waals surface area contributed by atoms with Crippen LogP contribution >= 0.6 is 0 Å². The fourth-order valence-corrected chi connectivity index (χ4v) is 4.03. The van der Waals surface area contributed by atoms with Crippen LogP contribution in [-0.4, -0.2) is 55.9 Å². The van der Waals surface area contributed by atoms with Crippen LogP contribution in [0.5, 0.6) is 11.5 Å². The molecule has 8 nitrogen and oxygen atoms in total. The number of methoxy groups -OCH3 is 1. The lowest BCUT2D eigenvalue weighted by atomic mass is 9.96. The number of amides is 4. The van der Waals surface area contributed by atoms with E-state index in [-0.39, 0.29) is 35.6 Å². The van der Waals surface area contributed by atoms with Crippen molar-refractivity contribution < 1.29 is 27.8 Å². The minimum atomic E-state index is -3.00. The van der Waals surface area contributed by atoms with Gasteiger partial charge in [0.2, 0.25) is 0 Å². The van der Waals surface area contributed by atoms with Crippen LogP contribution < -0.4 is 25.4 Å². The maximum absolute atomic E-state index is 12.6. The number of nitrogens with zero attached hydrogens (tertiary/aromatic N) is 1. The van der Waals surface area contributed by atoms with Gasteiger partial charge in [0.05, 0.1) is 7.11 Å². The Balaban J connectivity index is 1.45. The Morgan fingerprint density at radius 2 is 1.65 bits per heavy atom. The molecule has 1 saturated heterocycles. The van der Waals surface area contributed by atoms with Gasteiger partial charge < -0.3 is 30.3 Å². The highest BCUT2D eigenvalue weighted by atomic mass is 19.3. The molecule has 2 fully saturated rings. The smallest absolute Gasteiger partial charge is 0.387 e. The van der Waals surface area contributed by atoms with Crippen LogP contribution in [0.3, 0.4) is 0 Å². The molecule has 31 heavy (non-hydrogen) atoms. The van der Waals surface area contributed by atoms with Crippen LogP contribution in [0.15, 0.2) is 18.2 Å². The van der Waals surface area contributed by atoms with Gasteiger partial charge in [-0.15, -0.1) is 0 Å². The minimum absolute atomic E-state index is 0.0136. The van der Waals surface area contributed by atoms with Gasteiger partial charge in [-0.3, -0.25) is 0 Å². The molecule has 2 aliphatic rings. The number of piperidine rings is 1. The van der Waals surface area contributed by atoms with E-state index in [1.807, 2.05) is 0 Å². The zero-order chi connectivity index (χ0) is 22.2. The van der Waals surface area contributed by atoms with Crippen molar-refractivity contribution in [1.29, 1.82) is 0 Å². The largest absolute Gasteiger partial charge is 0.493 e. The summed E-state index contributed by atoms with van der Waals surface area (Å²) in [7, 11) is 1.35. The molecular weight excluding hydrogens is 410 g/mol. The van der Waals surface area contributed by atoms with Crippen LogP contribution in [0.25, 0.3) is 0 Å². The predicted molar refractivity (Wildman–Crippen MR) is 112 cm³/mol. The quantitative estimate of drug-likeness (QED) is 0.625. The van der Waals surface area contributed by atoms with E-state index in [1.165, 1.54) is 25.7 Å². The lowest BCUT2D eigenvalue weighted by molar-refractivity contribution is -0.0511. The molecule has 172 valence electrons. The standard InChI is InChI=1S/C21H30F2N4O4/c1-30-17-8-7-16(13-18(17)31-19(22)23)26-21(29)27-11-9-15(10-12-27)25-20(28)24-14-5-3-2-4-6-14/h7-8,13-15,19H,2-6,9-12H2,1H3,(H,26,29)(H2,24,25,28). The maximum atomic E-state index is 12.6. The van der Waals surface area contributed by atoms with Crippen molar-refractivity contribution in [3.05, 3.63) is 18.2 Å². The number of ether oxygens (including phenoxy) is 2. The first-order chi connectivity index (χ1) is 14.9. The maximum Gasteiger partial charge on any atom is 0.387 e. The van der Waals surface area contributed by atoms with Gasteiger partial charge in [-0.2, -0.15) is 8.78 Å². The van der Waals surface area contributed by atoms with Crippen molar-refractivity contribution in [2.24, 2.45) is 0 Å². The van der Waals surface area contributed by atoms with Gasteiger partial charge >= 0.3 is 18.7 Å². The van der Waals surface area contributed by atoms with Gasteiger partial charge in [0.1, 0.15) is 0 Å². The van der Waals surface area contributed by atoms with Crippen LogP contribution in [0.2, 0.25) is 0 Å². The van der Waals surface area contributed by atoms with E-state index in [1.54, 1.807) is 11.0 Å². The summed E-state index contributed by atoms with van der Waals surface area (Å²) in [6.45, 7) is -2.03. The number of hydrogen-bond donors (Lipinski definition) is 3. The summed E-state index contributed by atoms with van der Waals surface area (Å²) in [4.78, 5) is 26.4. The third-order valence-electron chi connectivity index (χ3n) is 5.69. The number of halogens is 2. The van der Waals surface area contributed by atoms with E-state index in [2.05, 4.69) is 20.7 Å². The van der Waals surface area contributed by atoms with Gasteiger partial charge in [0, 0.05) is 36.9 Å². The molecule has 1 heterocycles. The summed E-state index contributed by atoms with van der Waals surface area (Å²) >= 11 is 0. The average molecular weight is 440 g/mol. The van der Waals surface area contributed by atoms with E-state index in [0.717, 1.165) is 25.7 Å². The molecule has 10 heteroatoms. The monoisotopic (exact) mass is 440 g/mol. The molecule has 0 aromatic heterocycles. The van der Waals surface area contributed by atoms with Crippen molar-refractivity contribution in [2.45, 2.75) is 63.6 Å². The Hall–Kier alpha value is -2.78. The molecule has 0 radical (unpaired) electrons. The highest BCUT2D eigenvalue weighted by Gasteiger charge is 2.25. The number of urea groups is 2. The minimum Gasteiger partial charge on any atom is -0.493 e. The van der Waals surface area contributed by atoms with Gasteiger partial charge in [-0.05, 0) is 37.8 Å². The van der Waals surface area contributed by atoms with Crippen LogP contribution in [0.1, 0.15) is 44.9 Å². The lowest BCUT2D eigenvalue weighted by Gasteiger charge is -2.33. The van der Waals surface area contributed by atoms with Crippen molar-refractivity contribution in [2.75, 3.05) is 25.5 Å². The molecule has 3 N–H and O–H groups in total. The Morgan fingerprint density at radius 3 is 2.26 bits per heavy atom. The first-order valence-electron chi connectivity index (χ1n) is 10.7. The summed E-state index contributed by atoms with van der Waals surface area (Å²) in [5.41, 5.74) is 0.327. The number of hydrogen-bond acceptors (Lipinski definition) is 4. The Bertz CT molecular complexity index is 751. The molecule has 0 unspecified atom stereocenters. The molecule has 0 atom stereocenters. The van der Waals surface area contributed by atoms with Crippen molar-refractivity contribution in [3.63, 3.8) is 0 Å². The number of rotatable bonds is 6. The van der Waals surface area contributed by atoms with Gasteiger partial charge in [0.15, 0.2) is 11.5 Å². The molecule has 1 aliphatic carbocycles. The zero-order valence-corrected chi connectivity index (χ0v) is 17.7. The molecular formula is C21H30F2N4O4. The Kier molecular flexibility index (Phi) is 8.13. The second-order valence-electron chi connectivity index (χ2n) is 7.89. The van der Waals surface area contributed by atoms with Crippen molar-refractivity contribution in [3.8, 4) is 11.5 Å². The van der Waals surface area contributed by atoms with E-state index >= 15 is 0 Å². The van der Waals surface area contributed by atoms with Crippen LogP contribution in [-0.2, 0) is 0 Å². The second-order valence-corrected chi connectivity index (χ2v) is 7.89. The third-order valence-corrected chi connectivity index (χ3v) is 5.69. The summed E-state index contributed by atoms with van der Waals surface area (Å²) < 4.78 is 34.6. The molecule has 3 rings (SSSR count). The van der Waals surface area contributed by atoms with E-state index < -0.39 is 6.61 Å². The highest BCUT2D eigenvalue weighted by Crippen LogP contribution is 2.31. The first kappa shape index (κ1) is 22.9. The molecule has 0 spiro atoms. The molecule has 4 amide bonds. The lowest BCUT2D eigenvalue weighted by Crippen LogP contribution is -2.51.